The molecule has 2 N–H and O–H groups in total. The van der Waals surface area contributed by atoms with Crippen LogP contribution in [0.3, 0.4) is 0 Å². The van der Waals surface area contributed by atoms with Crippen LogP contribution < -0.4 is 10.6 Å². The lowest BCUT2D eigenvalue weighted by Crippen LogP contribution is -2.25. The average molecular weight is 529 g/mol. The van der Waals surface area contributed by atoms with Crippen molar-refractivity contribution >= 4 is 87.1 Å². The van der Waals surface area contributed by atoms with Gasteiger partial charge in [0, 0.05) is 28.2 Å². The van der Waals surface area contributed by atoms with Gasteiger partial charge in [-0.25, -0.2) is 0 Å². The molecule has 2 atom stereocenters. The van der Waals surface area contributed by atoms with Crippen LogP contribution in [0.15, 0.2) is 30.3 Å². The maximum atomic E-state index is 12.9. The first kappa shape index (κ1) is 23.8. The van der Waals surface area contributed by atoms with Crippen molar-refractivity contribution in [1.82, 2.24) is 5.32 Å². The first-order chi connectivity index (χ1) is 14.1. The van der Waals surface area contributed by atoms with E-state index in [2.05, 4.69) is 10.6 Å². The summed E-state index contributed by atoms with van der Waals surface area (Å²) in [7, 11) is 0. The third-order valence-corrected chi connectivity index (χ3v) is 6.83. The van der Waals surface area contributed by atoms with Gasteiger partial charge in [0.15, 0.2) is 0 Å². The Hall–Kier alpha value is -0.880. The summed E-state index contributed by atoms with van der Waals surface area (Å²) < 4.78 is -1.32. The van der Waals surface area contributed by atoms with Crippen molar-refractivity contribution in [2.24, 2.45) is 5.92 Å². The van der Waals surface area contributed by atoms with Gasteiger partial charge in [0.25, 0.3) is 5.91 Å². The summed E-state index contributed by atoms with van der Waals surface area (Å²) in [6.07, 6.45) is 0.762. The van der Waals surface area contributed by atoms with Gasteiger partial charge in [-0.3, -0.25) is 9.59 Å². The molecule has 10 heteroatoms. The van der Waals surface area contributed by atoms with Gasteiger partial charge in [0.2, 0.25) is 5.91 Å². The second kappa shape index (κ2) is 9.32. The van der Waals surface area contributed by atoms with Crippen molar-refractivity contribution in [2.45, 2.75) is 23.6 Å². The number of anilines is 1. The van der Waals surface area contributed by atoms with E-state index < -0.39 is 22.1 Å². The maximum Gasteiger partial charge on any atom is 0.252 e. The number of alkyl halides is 2. The fourth-order valence-corrected chi connectivity index (χ4v) is 4.99. The van der Waals surface area contributed by atoms with Gasteiger partial charge in [-0.1, -0.05) is 53.3 Å². The monoisotopic (exact) mass is 526 g/mol. The van der Waals surface area contributed by atoms with E-state index >= 15 is 0 Å². The molecule has 0 radical (unpaired) electrons. The molecular weight excluding hydrogens is 513 g/mol. The molecule has 1 aliphatic rings. The summed E-state index contributed by atoms with van der Waals surface area (Å²) in [5.74, 6) is -2.06. The SMILES string of the molecule is CCCNC(=O)c1cc(NC(=O)[C@@H]2[C@@H](c3cc(Cl)cc(Cl)c3)C2(Cl)Cl)cc(Cl)c1Cl. The van der Waals surface area contributed by atoms with Crippen LogP contribution in [0.2, 0.25) is 20.1 Å². The topological polar surface area (TPSA) is 58.2 Å². The molecule has 160 valence electrons. The Bertz CT molecular complexity index is 991. The molecule has 2 aromatic rings. The molecule has 0 unspecified atom stereocenters. The Balaban J connectivity index is 1.82. The molecule has 3 rings (SSSR count). The zero-order chi connectivity index (χ0) is 22.2. The first-order valence-electron chi connectivity index (χ1n) is 8.98. The van der Waals surface area contributed by atoms with Crippen LogP contribution >= 0.6 is 69.6 Å². The summed E-state index contributed by atoms with van der Waals surface area (Å²) in [4.78, 5) is 25.2. The predicted octanol–water partition coefficient (Wildman–Crippen LogP) is 6.97. The summed E-state index contributed by atoms with van der Waals surface area (Å²) in [6, 6.07) is 7.82. The van der Waals surface area contributed by atoms with Crippen molar-refractivity contribution in [3.05, 3.63) is 61.5 Å². The summed E-state index contributed by atoms with van der Waals surface area (Å²) in [5, 5.41) is 6.50. The van der Waals surface area contributed by atoms with Gasteiger partial charge in [0.05, 0.1) is 21.5 Å². The van der Waals surface area contributed by atoms with Gasteiger partial charge >= 0.3 is 0 Å². The Morgan fingerprint density at radius 2 is 1.63 bits per heavy atom. The molecule has 30 heavy (non-hydrogen) atoms. The number of rotatable bonds is 6. The number of carbonyl (C=O) groups excluding carboxylic acids is 2. The highest BCUT2D eigenvalue weighted by Gasteiger charge is 2.67. The number of hydrogen-bond acceptors (Lipinski definition) is 2. The van der Waals surface area contributed by atoms with Crippen LogP contribution in [0.1, 0.15) is 35.2 Å². The lowest BCUT2D eigenvalue weighted by molar-refractivity contribution is -0.117. The second-order valence-corrected chi connectivity index (χ2v) is 10.00. The van der Waals surface area contributed by atoms with Crippen molar-refractivity contribution in [2.75, 3.05) is 11.9 Å². The van der Waals surface area contributed by atoms with Gasteiger partial charge < -0.3 is 10.6 Å². The van der Waals surface area contributed by atoms with Crippen LogP contribution in [0.5, 0.6) is 0 Å². The molecule has 1 aliphatic carbocycles. The third kappa shape index (κ3) is 4.95. The lowest BCUT2D eigenvalue weighted by Gasteiger charge is -2.11. The molecule has 0 heterocycles. The Kier molecular flexibility index (Phi) is 7.38. The Morgan fingerprint density at radius 3 is 2.23 bits per heavy atom. The number of halogens is 6. The van der Waals surface area contributed by atoms with Gasteiger partial charge in [-0.2, -0.15) is 0 Å². The maximum absolute atomic E-state index is 12.9. The molecule has 0 saturated heterocycles. The zero-order valence-corrected chi connectivity index (χ0v) is 20.1. The van der Waals surface area contributed by atoms with Crippen LogP contribution in [0.25, 0.3) is 0 Å². The van der Waals surface area contributed by atoms with Gasteiger partial charge in [-0.05, 0) is 42.3 Å². The third-order valence-electron chi connectivity index (χ3n) is 4.66. The van der Waals surface area contributed by atoms with Crippen molar-refractivity contribution in [3.8, 4) is 0 Å². The van der Waals surface area contributed by atoms with Crippen LogP contribution in [0, 0.1) is 5.92 Å². The Labute approximate surface area is 204 Å². The molecular formula is C20H16Cl6N2O2. The molecule has 1 fully saturated rings. The fraction of sp³-hybridized carbons (Fsp3) is 0.300. The van der Waals surface area contributed by atoms with Crippen LogP contribution in [0.4, 0.5) is 5.69 Å². The molecule has 0 bridgehead atoms. The highest BCUT2D eigenvalue weighted by molar-refractivity contribution is 6.53. The second-order valence-electron chi connectivity index (χ2n) is 6.90. The normalized spacial score (nSPS) is 19.3. The average Bonchev–Trinajstić information content (AvgIpc) is 3.24. The highest BCUT2D eigenvalue weighted by Crippen LogP contribution is 2.65. The molecule has 0 spiro atoms. The van der Waals surface area contributed by atoms with Crippen molar-refractivity contribution in [1.29, 1.82) is 0 Å². The first-order valence-corrected chi connectivity index (χ1v) is 11.2. The smallest absolute Gasteiger partial charge is 0.252 e. The van der Waals surface area contributed by atoms with Crippen LogP contribution in [-0.4, -0.2) is 22.7 Å². The van der Waals surface area contributed by atoms with Crippen LogP contribution in [-0.2, 0) is 4.79 Å². The number of nitrogens with one attached hydrogen (secondary N) is 2. The number of hydrogen-bond donors (Lipinski definition) is 2. The van der Waals surface area contributed by atoms with E-state index in [9.17, 15) is 9.59 Å². The number of benzene rings is 2. The predicted molar refractivity (Wildman–Crippen MR) is 125 cm³/mol. The molecule has 4 nitrogen and oxygen atoms in total. The highest BCUT2D eigenvalue weighted by atomic mass is 35.5. The molecule has 0 aromatic heterocycles. The van der Waals surface area contributed by atoms with E-state index in [1.54, 1.807) is 18.2 Å². The molecule has 2 amide bonds. The zero-order valence-electron chi connectivity index (χ0n) is 15.5. The standard InChI is InChI=1S/C20H16Cl6N2O2/c1-2-3-27-18(29)13-7-12(8-14(23)17(13)24)28-19(30)16-15(20(16,25)26)9-4-10(21)6-11(22)5-9/h4-8,15-16H,2-3H2,1H3,(H,27,29)(H,28,30)/t15-,16+/m1/s1. The number of amides is 2. The van der Waals surface area contributed by atoms with E-state index in [1.165, 1.54) is 12.1 Å². The fourth-order valence-electron chi connectivity index (χ4n) is 3.20. The molecule has 1 saturated carbocycles. The molecule has 2 aromatic carbocycles. The van der Waals surface area contributed by atoms with E-state index in [4.69, 9.17) is 69.6 Å². The summed E-state index contributed by atoms with van der Waals surface area (Å²) >= 11 is 37.2. The van der Waals surface area contributed by atoms with Gasteiger partial charge in [-0.15, -0.1) is 23.2 Å². The van der Waals surface area contributed by atoms with E-state index in [0.717, 1.165) is 6.42 Å². The molecule has 0 aliphatic heterocycles. The van der Waals surface area contributed by atoms with E-state index in [1.807, 2.05) is 6.92 Å². The quantitative estimate of drug-likeness (QED) is 0.398. The Morgan fingerprint density at radius 1 is 1.00 bits per heavy atom. The minimum atomic E-state index is -1.32. The number of carbonyl (C=O) groups is 2. The van der Waals surface area contributed by atoms with Crippen molar-refractivity contribution in [3.63, 3.8) is 0 Å². The van der Waals surface area contributed by atoms with Gasteiger partial charge in [0.1, 0.15) is 4.33 Å². The minimum absolute atomic E-state index is 0.102. The van der Waals surface area contributed by atoms with Crippen molar-refractivity contribution < 1.29 is 9.59 Å². The largest absolute Gasteiger partial charge is 0.352 e. The lowest BCUT2D eigenvalue weighted by atomic mass is 10.1. The van der Waals surface area contributed by atoms with E-state index in [-0.39, 0.29) is 21.5 Å². The summed E-state index contributed by atoms with van der Waals surface area (Å²) in [5.41, 5.74) is 1.12. The summed E-state index contributed by atoms with van der Waals surface area (Å²) in [6.45, 7) is 2.41. The van der Waals surface area contributed by atoms with E-state index in [0.29, 0.717) is 27.8 Å². The minimum Gasteiger partial charge on any atom is -0.352 e.